The van der Waals surface area contributed by atoms with Gasteiger partial charge in [-0.2, -0.15) is 0 Å². The number of unbranched alkanes of at least 4 members (excludes halogenated alkanes) is 3. The van der Waals surface area contributed by atoms with Crippen molar-refractivity contribution in [3.63, 3.8) is 0 Å². The Morgan fingerprint density at radius 3 is 2.18 bits per heavy atom. The fraction of sp³-hybridized carbons (Fsp3) is 0.462. The van der Waals surface area contributed by atoms with E-state index in [1.807, 2.05) is 36.4 Å². The van der Waals surface area contributed by atoms with Gasteiger partial charge in [0.2, 0.25) is 5.79 Å². The van der Waals surface area contributed by atoms with Crippen LogP contribution in [-0.2, 0) is 10.5 Å². The number of hydrogen-bond donors (Lipinski definition) is 6. The van der Waals surface area contributed by atoms with Crippen LogP contribution >= 0.6 is 0 Å². The third-order valence-corrected chi connectivity index (χ3v) is 5.58. The molecule has 0 aromatic heterocycles. The van der Waals surface area contributed by atoms with Gasteiger partial charge in [-0.1, -0.05) is 92.9 Å². The molecule has 0 saturated heterocycles. The first-order chi connectivity index (χ1) is 15.8. The van der Waals surface area contributed by atoms with Gasteiger partial charge in [0.15, 0.2) is 0 Å². The molecular weight excluding hydrogens is 424 g/mol. The van der Waals surface area contributed by atoms with Crippen LogP contribution in [0, 0.1) is 0 Å². The van der Waals surface area contributed by atoms with Crippen LogP contribution in [0.2, 0.25) is 0 Å². The summed E-state index contributed by atoms with van der Waals surface area (Å²) in [6, 6.07) is 16.3. The Kier molecular flexibility index (Phi) is 11.2. The normalized spacial score (nSPS) is 17.4. The Bertz CT molecular complexity index is 842. The zero-order chi connectivity index (χ0) is 24.3. The Hall–Kier alpha value is -2.10. The lowest BCUT2D eigenvalue weighted by atomic mass is 9.89. The largest absolute Gasteiger partial charge is 0.394 e. The molecule has 2 rings (SSSR count). The van der Waals surface area contributed by atoms with Crippen LogP contribution in [0.3, 0.4) is 0 Å². The van der Waals surface area contributed by atoms with E-state index in [1.54, 1.807) is 30.3 Å². The van der Waals surface area contributed by atoms with Crippen molar-refractivity contribution < 1.29 is 35.4 Å². The summed E-state index contributed by atoms with van der Waals surface area (Å²) in [6.07, 6.45) is -0.486. The van der Waals surface area contributed by atoms with Crippen LogP contribution in [0.5, 0.6) is 0 Å². The number of rotatable bonds is 14. The third-order valence-electron chi connectivity index (χ3n) is 5.58. The standard InChI is InChI=1S/C26H36O7/c1-2-3-4-10-17-33-26(32,25(31)24(30)23(29)22(28)18-27)21-14-9-8-13-20(21)16-15-19-11-6-5-7-12-19/h5-9,11-16,22-25,27-32H,2-4,10,17-18H2,1H3/t22-,23-,24+,25-,26?/m1/s1. The molecule has 0 spiro atoms. The van der Waals surface area contributed by atoms with Gasteiger partial charge in [-0.25, -0.2) is 0 Å². The number of aliphatic hydroxyl groups excluding tert-OH is 5. The molecule has 0 amide bonds. The van der Waals surface area contributed by atoms with Crippen molar-refractivity contribution in [1.82, 2.24) is 0 Å². The van der Waals surface area contributed by atoms with Crippen molar-refractivity contribution in [1.29, 1.82) is 0 Å². The highest BCUT2D eigenvalue weighted by Gasteiger charge is 2.47. The maximum atomic E-state index is 11.5. The SMILES string of the molecule is CCCCCCOC(O)(c1ccccc1C=Cc1ccccc1)[C@H](O)[C@@H](O)[C@H](O)[C@H](O)CO. The van der Waals surface area contributed by atoms with Crippen molar-refractivity contribution >= 4 is 12.2 Å². The van der Waals surface area contributed by atoms with E-state index >= 15 is 0 Å². The lowest BCUT2D eigenvalue weighted by Gasteiger charge is -2.38. The van der Waals surface area contributed by atoms with Gasteiger partial charge in [0.05, 0.1) is 13.2 Å². The molecule has 0 radical (unpaired) electrons. The molecule has 33 heavy (non-hydrogen) atoms. The molecule has 6 N–H and O–H groups in total. The zero-order valence-corrected chi connectivity index (χ0v) is 19.0. The summed E-state index contributed by atoms with van der Waals surface area (Å²) in [4.78, 5) is 0. The molecule has 0 bridgehead atoms. The molecular formula is C26H36O7. The lowest BCUT2D eigenvalue weighted by Crippen LogP contribution is -2.55. The van der Waals surface area contributed by atoms with Crippen LogP contribution in [0.25, 0.3) is 12.2 Å². The van der Waals surface area contributed by atoms with Crippen molar-refractivity contribution in [3.05, 3.63) is 71.3 Å². The molecule has 7 nitrogen and oxygen atoms in total. The van der Waals surface area contributed by atoms with E-state index in [2.05, 4.69) is 6.92 Å². The second-order valence-corrected chi connectivity index (χ2v) is 8.11. The summed E-state index contributed by atoms with van der Waals surface area (Å²) in [7, 11) is 0. The fourth-order valence-electron chi connectivity index (χ4n) is 3.55. The first kappa shape index (κ1) is 27.1. The highest BCUT2D eigenvalue weighted by Crippen LogP contribution is 2.33. The number of ether oxygens (including phenoxy) is 1. The topological polar surface area (TPSA) is 131 Å². The number of aliphatic hydroxyl groups is 6. The van der Waals surface area contributed by atoms with Gasteiger partial charge in [0, 0.05) is 5.56 Å². The molecule has 182 valence electrons. The Labute approximate surface area is 195 Å². The van der Waals surface area contributed by atoms with Gasteiger partial charge in [0.25, 0.3) is 0 Å². The smallest absolute Gasteiger partial charge is 0.222 e. The van der Waals surface area contributed by atoms with E-state index in [-0.39, 0.29) is 12.2 Å². The Morgan fingerprint density at radius 2 is 1.52 bits per heavy atom. The fourth-order valence-corrected chi connectivity index (χ4v) is 3.55. The van der Waals surface area contributed by atoms with Gasteiger partial charge >= 0.3 is 0 Å². The highest BCUT2D eigenvalue weighted by atomic mass is 16.6. The minimum absolute atomic E-state index is 0.107. The van der Waals surface area contributed by atoms with Crippen molar-refractivity contribution in [3.8, 4) is 0 Å². The van der Waals surface area contributed by atoms with Crippen LogP contribution in [0.15, 0.2) is 54.6 Å². The molecule has 5 atom stereocenters. The van der Waals surface area contributed by atoms with Gasteiger partial charge in [-0.15, -0.1) is 0 Å². The minimum atomic E-state index is -2.38. The molecule has 0 heterocycles. The average Bonchev–Trinajstić information content (AvgIpc) is 2.86. The quantitative estimate of drug-likeness (QED) is 0.144. The van der Waals surface area contributed by atoms with E-state index in [4.69, 9.17) is 9.84 Å². The molecule has 0 fully saturated rings. The van der Waals surface area contributed by atoms with Crippen molar-refractivity contribution in [2.24, 2.45) is 0 Å². The van der Waals surface area contributed by atoms with Gasteiger partial charge in [-0.05, 0) is 17.5 Å². The number of hydrogen-bond acceptors (Lipinski definition) is 7. The molecule has 2 aromatic rings. The van der Waals surface area contributed by atoms with Crippen LogP contribution in [0.4, 0.5) is 0 Å². The summed E-state index contributed by atoms with van der Waals surface area (Å²) in [5.74, 6) is -2.38. The van der Waals surface area contributed by atoms with E-state index < -0.39 is 36.8 Å². The molecule has 7 heteroatoms. The summed E-state index contributed by atoms with van der Waals surface area (Å²) in [5, 5.41) is 61.9. The van der Waals surface area contributed by atoms with Crippen LogP contribution in [-0.4, -0.2) is 68.3 Å². The first-order valence-corrected chi connectivity index (χ1v) is 11.4. The second kappa shape index (κ2) is 13.6. The van der Waals surface area contributed by atoms with Crippen molar-refractivity contribution in [2.75, 3.05) is 13.2 Å². The van der Waals surface area contributed by atoms with Gasteiger partial charge < -0.3 is 35.4 Å². The van der Waals surface area contributed by atoms with Crippen molar-refractivity contribution in [2.45, 2.75) is 62.8 Å². The van der Waals surface area contributed by atoms with Gasteiger partial charge in [0.1, 0.15) is 24.4 Å². The van der Waals surface area contributed by atoms with Crippen LogP contribution in [0.1, 0.15) is 49.3 Å². The molecule has 2 aromatic carbocycles. The molecule has 0 saturated carbocycles. The summed E-state index contributed by atoms with van der Waals surface area (Å²) in [5.41, 5.74) is 1.67. The third kappa shape index (κ3) is 7.45. The Morgan fingerprint density at radius 1 is 0.848 bits per heavy atom. The van der Waals surface area contributed by atoms with E-state index in [0.717, 1.165) is 24.8 Å². The molecule has 0 aliphatic carbocycles. The minimum Gasteiger partial charge on any atom is -0.394 e. The maximum absolute atomic E-state index is 11.5. The van der Waals surface area contributed by atoms with Crippen LogP contribution < -0.4 is 0 Å². The highest BCUT2D eigenvalue weighted by molar-refractivity contribution is 5.71. The van der Waals surface area contributed by atoms with Gasteiger partial charge in [-0.3, -0.25) is 0 Å². The number of benzene rings is 2. The average molecular weight is 461 g/mol. The zero-order valence-electron chi connectivity index (χ0n) is 19.0. The predicted octanol–water partition coefficient (Wildman–Crippen LogP) is 2.03. The maximum Gasteiger partial charge on any atom is 0.222 e. The monoisotopic (exact) mass is 460 g/mol. The second-order valence-electron chi connectivity index (χ2n) is 8.11. The Balaban J connectivity index is 2.39. The molecule has 0 aliphatic heterocycles. The molecule has 1 unspecified atom stereocenters. The lowest BCUT2D eigenvalue weighted by molar-refractivity contribution is -0.294. The van der Waals surface area contributed by atoms with E-state index in [0.29, 0.717) is 12.0 Å². The predicted molar refractivity (Wildman–Crippen MR) is 127 cm³/mol. The summed E-state index contributed by atoms with van der Waals surface area (Å²) >= 11 is 0. The molecule has 0 aliphatic rings. The first-order valence-electron chi connectivity index (χ1n) is 11.4. The summed E-state index contributed by atoms with van der Waals surface area (Å²) in [6.45, 7) is 1.35. The van der Waals surface area contributed by atoms with E-state index in [9.17, 15) is 25.5 Å². The van der Waals surface area contributed by atoms with E-state index in [1.165, 1.54) is 0 Å². The summed E-state index contributed by atoms with van der Waals surface area (Å²) < 4.78 is 5.76.